The second kappa shape index (κ2) is 15.2. The lowest BCUT2D eigenvalue weighted by molar-refractivity contribution is 0.207. The van der Waals surface area contributed by atoms with Gasteiger partial charge in [-0.25, -0.2) is 0 Å². The molecule has 2 rings (SSSR count). The van der Waals surface area contributed by atoms with E-state index < -0.39 is 5.54 Å². The van der Waals surface area contributed by atoms with E-state index >= 15 is 0 Å². The van der Waals surface area contributed by atoms with Crippen molar-refractivity contribution in [2.45, 2.75) is 17.8 Å². The number of hydrogen-bond acceptors (Lipinski definition) is 3. The SMILES string of the molecule is C=C/C=C(\C=C)C(/C(C=C)=C/C=C)(/C(C=C)=C/C=C)N(N=C)/N=C(\C)c1ccccc1-c1ccc(CBr)cc1. The highest BCUT2D eigenvalue weighted by molar-refractivity contribution is 9.08. The number of benzene rings is 2. The molecule has 0 spiro atoms. The van der Waals surface area contributed by atoms with Crippen LogP contribution >= 0.6 is 15.9 Å². The molecule has 0 fully saturated rings. The minimum Gasteiger partial charge on any atom is -0.170 e. The van der Waals surface area contributed by atoms with Gasteiger partial charge in [0.15, 0.2) is 5.54 Å². The molecule has 0 saturated heterocycles. The highest BCUT2D eigenvalue weighted by Gasteiger charge is 2.44. The number of hydrazone groups is 2. The maximum absolute atomic E-state index is 5.06. The van der Waals surface area contributed by atoms with Crippen LogP contribution in [0.1, 0.15) is 18.1 Å². The van der Waals surface area contributed by atoms with Gasteiger partial charge < -0.3 is 0 Å². The van der Waals surface area contributed by atoms with Crippen LogP contribution in [-0.4, -0.2) is 23.1 Å². The summed E-state index contributed by atoms with van der Waals surface area (Å²) in [4.78, 5) is 0. The third-order valence-corrected chi connectivity index (χ3v) is 6.87. The predicted octanol–water partition coefficient (Wildman–Crippen LogP) is 9.52. The molecule has 0 amide bonds. The Hall–Kier alpha value is -4.28. The molecule has 0 radical (unpaired) electrons. The molecule has 0 saturated carbocycles. The zero-order chi connectivity index (χ0) is 28.8. The van der Waals surface area contributed by atoms with E-state index in [0.29, 0.717) is 0 Å². The zero-order valence-corrected chi connectivity index (χ0v) is 24.3. The lowest BCUT2D eigenvalue weighted by Gasteiger charge is -2.42. The van der Waals surface area contributed by atoms with Gasteiger partial charge in [0, 0.05) is 17.6 Å². The summed E-state index contributed by atoms with van der Waals surface area (Å²) in [5.41, 5.74) is 6.11. The summed E-state index contributed by atoms with van der Waals surface area (Å²) in [5, 5.41) is 11.9. The Labute approximate surface area is 242 Å². The maximum Gasteiger partial charge on any atom is 0.157 e. The predicted molar refractivity (Wildman–Crippen MR) is 176 cm³/mol. The van der Waals surface area contributed by atoms with E-state index in [-0.39, 0.29) is 0 Å². The summed E-state index contributed by atoms with van der Waals surface area (Å²) in [7, 11) is 0. The second-order valence-corrected chi connectivity index (χ2v) is 8.95. The minimum absolute atomic E-state index is 0.734. The van der Waals surface area contributed by atoms with Crippen LogP contribution in [0, 0.1) is 0 Å². The van der Waals surface area contributed by atoms with Crippen LogP contribution in [-0.2, 0) is 5.33 Å². The van der Waals surface area contributed by atoms with Gasteiger partial charge in [-0.05, 0) is 40.3 Å². The molecule has 4 heteroatoms. The number of halogens is 1. The van der Waals surface area contributed by atoms with E-state index in [9.17, 15) is 0 Å². The Kier molecular flexibility index (Phi) is 12.1. The lowest BCUT2D eigenvalue weighted by Crippen LogP contribution is -2.47. The summed E-state index contributed by atoms with van der Waals surface area (Å²) in [6, 6.07) is 16.6. The van der Waals surface area contributed by atoms with Gasteiger partial charge in [-0.15, -0.1) is 0 Å². The van der Waals surface area contributed by atoms with Crippen LogP contribution < -0.4 is 0 Å². The molecular formula is C35H36BrN3. The van der Waals surface area contributed by atoms with Gasteiger partial charge >= 0.3 is 0 Å². The first kappa shape index (κ1) is 30.9. The Bertz CT molecular complexity index is 1290. The monoisotopic (exact) mass is 577 g/mol. The first-order valence-corrected chi connectivity index (χ1v) is 13.5. The Morgan fingerprint density at radius 2 is 1.28 bits per heavy atom. The molecule has 39 heavy (non-hydrogen) atoms. The van der Waals surface area contributed by atoms with E-state index in [2.05, 4.69) is 97.6 Å². The molecule has 0 N–H and O–H groups in total. The van der Waals surface area contributed by atoms with Crippen LogP contribution in [0.2, 0.25) is 0 Å². The van der Waals surface area contributed by atoms with Crippen molar-refractivity contribution in [3.63, 3.8) is 0 Å². The number of hydrogen-bond donors (Lipinski definition) is 0. The van der Waals surface area contributed by atoms with Gasteiger partial charge in [-0.1, -0.05) is 159 Å². The summed E-state index contributed by atoms with van der Waals surface area (Å²) < 4.78 is 0. The van der Waals surface area contributed by atoms with E-state index in [1.165, 1.54) is 5.56 Å². The fourth-order valence-electron chi connectivity index (χ4n) is 4.47. The molecule has 0 atom stereocenters. The third-order valence-electron chi connectivity index (χ3n) is 6.22. The molecule has 3 nitrogen and oxygen atoms in total. The minimum atomic E-state index is -1.14. The van der Waals surface area contributed by atoms with Crippen molar-refractivity contribution in [1.29, 1.82) is 0 Å². The first-order valence-electron chi connectivity index (χ1n) is 12.4. The molecule has 2 aromatic carbocycles. The average molecular weight is 579 g/mol. The number of rotatable bonds is 15. The Balaban J connectivity index is 2.97. The van der Waals surface area contributed by atoms with Gasteiger partial charge in [0.1, 0.15) is 0 Å². The topological polar surface area (TPSA) is 28.0 Å². The summed E-state index contributed by atoms with van der Waals surface area (Å²) in [6.45, 7) is 29.9. The van der Waals surface area contributed by atoms with Gasteiger partial charge in [-0.2, -0.15) is 15.3 Å². The highest BCUT2D eigenvalue weighted by atomic mass is 79.9. The van der Waals surface area contributed by atoms with Crippen molar-refractivity contribution < 1.29 is 0 Å². The van der Waals surface area contributed by atoms with Crippen molar-refractivity contribution >= 4 is 28.4 Å². The number of alkyl halides is 1. The Morgan fingerprint density at radius 1 is 0.795 bits per heavy atom. The van der Waals surface area contributed by atoms with Crippen molar-refractivity contribution in [3.05, 3.63) is 171 Å². The van der Waals surface area contributed by atoms with E-state index in [4.69, 9.17) is 5.10 Å². The second-order valence-electron chi connectivity index (χ2n) is 8.39. The van der Waals surface area contributed by atoms with Gasteiger partial charge in [-0.3, -0.25) is 0 Å². The lowest BCUT2D eigenvalue weighted by atomic mass is 9.74. The molecule has 0 heterocycles. The molecular weight excluding hydrogens is 542 g/mol. The Morgan fingerprint density at radius 3 is 1.69 bits per heavy atom. The number of allylic oxidation sites excluding steroid dienone is 6. The first-order chi connectivity index (χ1) is 18.9. The molecule has 0 bridgehead atoms. The van der Waals surface area contributed by atoms with Crippen LogP contribution in [0.5, 0.6) is 0 Å². The molecule has 0 aliphatic carbocycles. The molecule has 0 unspecified atom stereocenters. The van der Waals surface area contributed by atoms with Crippen molar-refractivity contribution in [3.8, 4) is 11.1 Å². The molecule has 0 aliphatic heterocycles. The number of nitrogens with zero attached hydrogens (tertiary/aromatic N) is 3. The quantitative estimate of drug-likeness (QED) is 0.0895. The average Bonchev–Trinajstić information content (AvgIpc) is 2.98. The van der Waals surface area contributed by atoms with Crippen LogP contribution in [0.15, 0.2) is 170 Å². The molecule has 0 aromatic heterocycles. The summed E-state index contributed by atoms with van der Waals surface area (Å²) in [5.74, 6) is 0. The third kappa shape index (κ3) is 6.60. The van der Waals surface area contributed by atoms with Gasteiger partial charge in [0.25, 0.3) is 0 Å². The fourth-order valence-corrected chi connectivity index (χ4v) is 4.84. The van der Waals surface area contributed by atoms with Crippen LogP contribution in [0.25, 0.3) is 11.1 Å². The van der Waals surface area contributed by atoms with Gasteiger partial charge in [0.05, 0.1) is 5.71 Å². The van der Waals surface area contributed by atoms with Crippen LogP contribution in [0.3, 0.4) is 0 Å². The smallest absolute Gasteiger partial charge is 0.157 e. The van der Waals surface area contributed by atoms with E-state index in [0.717, 1.165) is 44.5 Å². The normalized spacial score (nSPS) is 12.8. The zero-order valence-electron chi connectivity index (χ0n) is 22.7. The van der Waals surface area contributed by atoms with Crippen molar-refractivity contribution in [1.82, 2.24) is 5.12 Å². The van der Waals surface area contributed by atoms with E-state index in [1.54, 1.807) is 41.6 Å². The van der Waals surface area contributed by atoms with Crippen molar-refractivity contribution in [2.24, 2.45) is 10.2 Å². The van der Waals surface area contributed by atoms with E-state index in [1.807, 2.05) is 43.4 Å². The largest absolute Gasteiger partial charge is 0.170 e. The standard InChI is InChI=1S/C35H36BrN3/c1-9-17-30(12-4)35(31(13-5)18-10-2,32(14-6)19-11-3)39(37-8)38-27(7)33-20-15-16-21-34(33)29-24-22-28(26-36)23-25-29/h9-25H,1-6,8,26H2,7H3/b30-17+,31-18+,32-19+,38-27+. The molecule has 198 valence electrons. The van der Waals surface area contributed by atoms with Gasteiger partial charge in [0.2, 0.25) is 0 Å². The fraction of sp³-hybridized carbons (Fsp3) is 0.0857. The van der Waals surface area contributed by atoms with Crippen molar-refractivity contribution in [2.75, 3.05) is 0 Å². The highest BCUT2D eigenvalue weighted by Crippen LogP contribution is 2.42. The molecule has 2 aromatic rings. The summed E-state index contributed by atoms with van der Waals surface area (Å²) in [6.07, 6.45) is 15.9. The molecule has 0 aliphatic rings. The summed E-state index contributed by atoms with van der Waals surface area (Å²) >= 11 is 3.52. The van der Waals surface area contributed by atoms with Crippen LogP contribution in [0.4, 0.5) is 0 Å². The maximum atomic E-state index is 5.06.